The van der Waals surface area contributed by atoms with Crippen LogP contribution in [0.3, 0.4) is 0 Å². The highest BCUT2D eigenvalue weighted by Gasteiger charge is 2.14. The van der Waals surface area contributed by atoms with Crippen LogP contribution in [0.1, 0.15) is 15.9 Å². The second-order valence-corrected chi connectivity index (χ2v) is 4.90. The summed E-state index contributed by atoms with van der Waals surface area (Å²) in [6.07, 6.45) is 0. The van der Waals surface area contributed by atoms with Gasteiger partial charge in [-0.2, -0.15) is 0 Å². The van der Waals surface area contributed by atoms with Gasteiger partial charge in [-0.3, -0.25) is 0 Å². The second-order valence-electron chi connectivity index (χ2n) is 4.05. The number of nitrogens with two attached hydrogens (primary N) is 1. The minimum atomic E-state index is -1.12. The maximum Gasteiger partial charge on any atom is 0.338 e. The molecule has 0 bridgehead atoms. The smallest absolute Gasteiger partial charge is 0.338 e. The van der Waals surface area contributed by atoms with Crippen molar-refractivity contribution >= 4 is 27.6 Å². The molecule has 0 saturated heterocycles. The van der Waals surface area contributed by atoms with E-state index in [1.165, 1.54) is 24.3 Å². The average Bonchev–Trinajstić information content (AvgIpc) is 2.39. The van der Waals surface area contributed by atoms with Crippen molar-refractivity contribution in [2.24, 2.45) is 0 Å². The standard InChI is InChI=1S/C14H11BrFNO3/c15-10-5-4-9(16)6-12(10)20-7-8-2-1-3-11(17)13(8)14(18)19/h1-6H,7,17H2,(H,18,19). The summed E-state index contributed by atoms with van der Waals surface area (Å²) in [7, 11) is 0. The van der Waals surface area contributed by atoms with Gasteiger partial charge in [0, 0.05) is 17.3 Å². The molecule has 0 aliphatic heterocycles. The molecule has 0 unspecified atom stereocenters. The van der Waals surface area contributed by atoms with Crippen LogP contribution in [-0.2, 0) is 6.61 Å². The first-order valence-electron chi connectivity index (χ1n) is 5.67. The first-order valence-corrected chi connectivity index (χ1v) is 6.47. The number of carboxylic acid groups (broad SMARTS) is 1. The first kappa shape index (κ1) is 14.3. The van der Waals surface area contributed by atoms with Crippen molar-refractivity contribution < 1.29 is 19.0 Å². The third-order valence-corrected chi connectivity index (χ3v) is 3.33. The lowest BCUT2D eigenvalue weighted by Gasteiger charge is -2.11. The Bertz CT molecular complexity index is 661. The van der Waals surface area contributed by atoms with Crippen LogP contribution in [0.4, 0.5) is 10.1 Å². The van der Waals surface area contributed by atoms with Gasteiger partial charge in [0.15, 0.2) is 0 Å². The first-order chi connectivity index (χ1) is 9.49. The maximum atomic E-state index is 13.1. The Labute approximate surface area is 123 Å². The summed E-state index contributed by atoms with van der Waals surface area (Å²) in [6, 6.07) is 8.78. The average molecular weight is 340 g/mol. The number of benzene rings is 2. The number of hydrogen-bond donors (Lipinski definition) is 2. The van der Waals surface area contributed by atoms with Crippen LogP contribution in [-0.4, -0.2) is 11.1 Å². The van der Waals surface area contributed by atoms with Crippen molar-refractivity contribution in [1.82, 2.24) is 0 Å². The number of halogens is 2. The number of carbonyl (C=O) groups is 1. The van der Waals surface area contributed by atoms with Gasteiger partial charge in [0.05, 0.1) is 10.0 Å². The topological polar surface area (TPSA) is 72.5 Å². The predicted octanol–water partition coefficient (Wildman–Crippen LogP) is 3.45. The summed E-state index contributed by atoms with van der Waals surface area (Å²) in [5.74, 6) is -1.27. The number of rotatable bonds is 4. The van der Waals surface area contributed by atoms with E-state index in [4.69, 9.17) is 15.6 Å². The zero-order chi connectivity index (χ0) is 14.7. The Morgan fingerprint density at radius 3 is 2.80 bits per heavy atom. The fourth-order valence-corrected chi connectivity index (χ4v) is 2.11. The lowest BCUT2D eigenvalue weighted by Crippen LogP contribution is -2.09. The molecule has 4 nitrogen and oxygen atoms in total. The third-order valence-electron chi connectivity index (χ3n) is 2.67. The number of carboxylic acids is 1. The number of ether oxygens (including phenoxy) is 1. The van der Waals surface area contributed by atoms with Gasteiger partial charge < -0.3 is 15.6 Å². The fourth-order valence-electron chi connectivity index (χ4n) is 1.74. The molecule has 20 heavy (non-hydrogen) atoms. The van der Waals surface area contributed by atoms with E-state index < -0.39 is 11.8 Å². The highest BCUT2D eigenvalue weighted by atomic mass is 79.9. The van der Waals surface area contributed by atoms with Crippen molar-refractivity contribution in [3.63, 3.8) is 0 Å². The van der Waals surface area contributed by atoms with Crippen LogP contribution < -0.4 is 10.5 Å². The Kier molecular flexibility index (Phi) is 4.24. The van der Waals surface area contributed by atoms with Gasteiger partial charge >= 0.3 is 5.97 Å². The molecule has 0 saturated carbocycles. The van der Waals surface area contributed by atoms with Gasteiger partial charge in [-0.05, 0) is 34.1 Å². The Balaban J connectivity index is 2.25. The van der Waals surface area contributed by atoms with Gasteiger partial charge in [0.25, 0.3) is 0 Å². The van der Waals surface area contributed by atoms with Crippen molar-refractivity contribution in [2.75, 3.05) is 5.73 Å². The molecule has 3 N–H and O–H groups in total. The molecule has 0 aliphatic rings. The molecule has 0 amide bonds. The van der Waals surface area contributed by atoms with E-state index >= 15 is 0 Å². The summed E-state index contributed by atoms with van der Waals surface area (Å²) in [5.41, 5.74) is 6.23. The molecule has 6 heteroatoms. The normalized spacial score (nSPS) is 10.3. The molecule has 2 rings (SSSR count). The van der Waals surface area contributed by atoms with Crippen LogP contribution in [0.5, 0.6) is 5.75 Å². The lowest BCUT2D eigenvalue weighted by atomic mass is 10.1. The van der Waals surface area contributed by atoms with E-state index in [0.29, 0.717) is 15.8 Å². The van der Waals surface area contributed by atoms with Crippen molar-refractivity contribution in [1.29, 1.82) is 0 Å². The number of hydrogen-bond acceptors (Lipinski definition) is 3. The molecule has 0 aromatic heterocycles. The van der Waals surface area contributed by atoms with E-state index in [1.807, 2.05) is 0 Å². The van der Waals surface area contributed by atoms with Crippen LogP contribution >= 0.6 is 15.9 Å². The quantitative estimate of drug-likeness (QED) is 0.837. The van der Waals surface area contributed by atoms with Gasteiger partial charge in [-0.25, -0.2) is 9.18 Å². The molecular weight excluding hydrogens is 329 g/mol. The molecule has 0 fully saturated rings. The molecular formula is C14H11BrFNO3. The Hall–Kier alpha value is -2.08. The SMILES string of the molecule is Nc1cccc(COc2cc(F)ccc2Br)c1C(=O)O. The van der Waals surface area contributed by atoms with E-state index in [0.717, 1.165) is 0 Å². The summed E-state index contributed by atoms with van der Waals surface area (Å²) in [5, 5.41) is 9.14. The summed E-state index contributed by atoms with van der Waals surface area (Å²) in [6.45, 7) is -0.0191. The Morgan fingerprint density at radius 2 is 2.10 bits per heavy atom. The molecule has 2 aromatic carbocycles. The fraction of sp³-hybridized carbons (Fsp3) is 0.0714. The van der Waals surface area contributed by atoms with E-state index in [1.54, 1.807) is 12.1 Å². The minimum absolute atomic E-state index is 0.0000236. The van der Waals surface area contributed by atoms with Gasteiger partial charge in [0.2, 0.25) is 0 Å². The van der Waals surface area contributed by atoms with Gasteiger partial charge in [0.1, 0.15) is 18.2 Å². The molecule has 0 radical (unpaired) electrons. The number of nitrogen functional groups attached to an aromatic ring is 1. The highest BCUT2D eigenvalue weighted by molar-refractivity contribution is 9.10. The van der Waals surface area contributed by atoms with E-state index in [2.05, 4.69) is 15.9 Å². The Morgan fingerprint density at radius 1 is 1.35 bits per heavy atom. The zero-order valence-electron chi connectivity index (χ0n) is 10.3. The molecule has 0 atom stereocenters. The molecule has 0 spiro atoms. The largest absolute Gasteiger partial charge is 0.488 e. The summed E-state index contributed by atoms with van der Waals surface area (Å²) < 4.78 is 19.2. The summed E-state index contributed by atoms with van der Waals surface area (Å²) >= 11 is 3.23. The van der Waals surface area contributed by atoms with Crippen LogP contribution in [0.25, 0.3) is 0 Å². The highest BCUT2D eigenvalue weighted by Crippen LogP contribution is 2.27. The zero-order valence-corrected chi connectivity index (χ0v) is 11.9. The molecule has 0 heterocycles. The molecule has 2 aromatic rings. The lowest BCUT2D eigenvalue weighted by molar-refractivity contribution is 0.0695. The van der Waals surface area contributed by atoms with Gasteiger partial charge in [-0.15, -0.1) is 0 Å². The predicted molar refractivity (Wildman–Crippen MR) is 76.2 cm³/mol. The third kappa shape index (κ3) is 3.08. The van der Waals surface area contributed by atoms with E-state index in [-0.39, 0.29) is 17.9 Å². The monoisotopic (exact) mass is 339 g/mol. The van der Waals surface area contributed by atoms with E-state index in [9.17, 15) is 9.18 Å². The molecule has 104 valence electrons. The second kappa shape index (κ2) is 5.92. The number of aromatic carboxylic acids is 1. The molecule has 0 aliphatic carbocycles. The van der Waals surface area contributed by atoms with Crippen molar-refractivity contribution in [3.05, 3.63) is 57.8 Å². The van der Waals surface area contributed by atoms with Crippen LogP contribution in [0.2, 0.25) is 0 Å². The van der Waals surface area contributed by atoms with Crippen LogP contribution in [0.15, 0.2) is 40.9 Å². The number of anilines is 1. The minimum Gasteiger partial charge on any atom is -0.488 e. The summed E-state index contributed by atoms with van der Waals surface area (Å²) in [4.78, 5) is 11.2. The van der Waals surface area contributed by atoms with Crippen LogP contribution in [0, 0.1) is 5.82 Å². The maximum absolute atomic E-state index is 13.1. The van der Waals surface area contributed by atoms with Gasteiger partial charge in [-0.1, -0.05) is 12.1 Å². The van der Waals surface area contributed by atoms with Crippen molar-refractivity contribution in [2.45, 2.75) is 6.61 Å². The van der Waals surface area contributed by atoms with Crippen molar-refractivity contribution in [3.8, 4) is 5.75 Å².